The highest BCUT2D eigenvalue weighted by Crippen LogP contribution is 2.21. The zero-order valence-electron chi connectivity index (χ0n) is 12.0. The van der Waals surface area contributed by atoms with Gasteiger partial charge >= 0.3 is 0 Å². The Labute approximate surface area is 126 Å². The fourth-order valence-corrected chi connectivity index (χ4v) is 2.87. The maximum Gasteiger partial charge on any atom is 0.237 e. The van der Waals surface area contributed by atoms with Gasteiger partial charge in [0, 0.05) is 5.02 Å². The lowest BCUT2D eigenvalue weighted by molar-refractivity contribution is -0.124. The van der Waals surface area contributed by atoms with Crippen LogP contribution in [0.15, 0.2) is 24.3 Å². The molecule has 1 heterocycles. The second kappa shape index (κ2) is 7.65. The minimum atomic E-state index is -0.0502. The van der Waals surface area contributed by atoms with Crippen LogP contribution in [-0.2, 0) is 4.79 Å². The number of nitrogens with one attached hydrogen (secondary N) is 2. The first-order valence-corrected chi connectivity index (χ1v) is 7.87. The standard InChI is InChI=1S/C16H23ClN2O/c1-2-14(12-7-6-8-13(17)11-12)19-16(20)15-9-4-3-5-10-18-15/h6-8,11,14-15,18H,2-5,9-10H2,1H3,(H,19,20). The molecule has 1 aromatic carbocycles. The zero-order valence-corrected chi connectivity index (χ0v) is 12.7. The maximum absolute atomic E-state index is 12.4. The SMILES string of the molecule is CCC(NC(=O)C1CCCCCN1)c1cccc(Cl)c1. The van der Waals surface area contributed by atoms with Crippen LogP contribution < -0.4 is 10.6 Å². The van der Waals surface area contributed by atoms with Gasteiger partial charge in [-0.15, -0.1) is 0 Å². The zero-order chi connectivity index (χ0) is 14.4. The summed E-state index contributed by atoms with van der Waals surface area (Å²) in [6, 6.07) is 7.71. The lowest BCUT2D eigenvalue weighted by Gasteiger charge is -2.22. The van der Waals surface area contributed by atoms with E-state index < -0.39 is 0 Å². The highest BCUT2D eigenvalue weighted by molar-refractivity contribution is 6.30. The molecule has 0 bridgehead atoms. The van der Waals surface area contributed by atoms with Gasteiger partial charge < -0.3 is 10.6 Å². The maximum atomic E-state index is 12.4. The van der Waals surface area contributed by atoms with Crippen molar-refractivity contribution in [2.45, 2.75) is 51.1 Å². The fraction of sp³-hybridized carbons (Fsp3) is 0.562. The molecule has 1 amide bonds. The average Bonchev–Trinajstić information content (AvgIpc) is 2.73. The predicted molar refractivity (Wildman–Crippen MR) is 82.9 cm³/mol. The van der Waals surface area contributed by atoms with Gasteiger partial charge in [0.05, 0.1) is 12.1 Å². The average molecular weight is 295 g/mol. The van der Waals surface area contributed by atoms with Crippen molar-refractivity contribution in [3.63, 3.8) is 0 Å². The highest BCUT2D eigenvalue weighted by Gasteiger charge is 2.22. The van der Waals surface area contributed by atoms with E-state index in [0.717, 1.165) is 37.8 Å². The molecule has 0 saturated carbocycles. The van der Waals surface area contributed by atoms with Gasteiger partial charge in [-0.05, 0) is 43.5 Å². The van der Waals surface area contributed by atoms with E-state index in [-0.39, 0.29) is 18.0 Å². The van der Waals surface area contributed by atoms with Crippen LogP contribution in [0, 0.1) is 0 Å². The summed E-state index contributed by atoms with van der Waals surface area (Å²) in [4.78, 5) is 12.4. The van der Waals surface area contributed by atoms with Crippen molar-refractivity contribution in [2.75, 3.05) is 6.54 Å². The molecule has 3 nitrogen and oxygen atoms in total. The molecular formula is C16H23ClN2O. The minimum Gasteiger partial charge on any atom is -0.348 e. The third kappa shape index (κ3) is 4.22. The molecule has 1 fully saturated rings. The van der Waals surface area contributed by atoms with Gasteiger partial charge in [0.25, 0.3) is 0 Å². The van der Waals surface area contributed by atoms with Crippen LogP contribution in [0.3, 0.4) is 0 Å². The molecular weight excluding hydrogens is 272 g/mol. The Morgan fingerprint density at radius 1 is 1.45 bits per heavy atom. The second-order valence-corrected chi connectivity index (χ2v) is 5.82. The minimum absolute atomic E-state index is 0.0336. The van der Waals surface area contributed by atoms with Crippen molar-refractivity contribution in [1.29, 1.82) is 0 Å². The molecule has 4 heteroatoms. The van der Waals surface area contributed by atoms with E-state index in [4.69, 9.17) is 11.6 Å². The number of hydrogen-bond acceptors (Lipinski definition) is 2. The number of amides is 1. The molecule has 0 radical (unpaired) electrons. The Bertz CT molecular complexity index is 442. The van der Waals surface area contributed by atoms with E-state index in [1.165, 1.54) is 6.42 Å². The molecule has 2 rings (SSSR count). The Hall–Kier alpha value is -1.06. The number of carbonyl (C=O) groups is 1. The van der Waals surface area contributed by atoms with Crippen LogP contribution in [0.2, 0.25) is 5.02 Å². The van der Waals surface area contributed by atoms with Crippen LogP contribution in [-0.4, -0.2) is 18.5 Å². The van der Waals surface area contributed by atoms with Gasteiger partial charge in [-0.2, -0.15) is 0 Å². The summed E-state index contributed by atoms with van der Waals surface area (Å²) >= 11 is 6.03. The molecule has 20 heavy (non-hydrogen) atoms. The van der Waals surface area contributed by atoms with E-state index in [0.29, 0.717) is 5.02 Å². The van der Waals surface area contributed by atoms with Crippen LogP contribution >= 0.6 is 11.6 Å². The third-order valence-electron chi connectivity index (χ3n) is 3.85. The molecule has 0 spiro atoms. The van der Waals surface area contributed by atoms with Crippen LogP contribution in [0.5, 0.6) is 0 Å². The van der Waals surface area contributed by atoms with Crippen molar-refractivity contribution in [1.82, 2.24) is 10.6 Å². The van der Waals surface area contributed by atoms with Crippen LogP contribution in [0.25, 0.3) is 0 Å². The third-order valence-corrected chi connectivity index (χ3v) is 4.09. The van der Waals surface area contributed by atoms with Crippen molar-refractivity contribution in [3.8, 4) is 0 Å². The van der Waals surface area contributed by atoms with E-state index in [1.807, 2.05) is 24.3 Å². The molecule has 1 aromatic rings. The largest absolute Gasteiger partial charge is 0.348 e. The summed E-state index contributed by atoms with van der Waals surface area (Å²) in [7, 11) is 0. The van der Waals surface area contributed by atoms with Gasteiger partial charge in [-0.25, -0.2) is 0 Å². The highest BCUT2D eigenvalue weighted by atomic mass is 35.5. The van der Waals surface area contributed by atoms with Crippen LogP contribution in [0.4, 0.5) is 0 Å². The summed E-state index contributed by atoms with van der Waals surface area (Å²) in [5, 5.41) is 7.19. The quantitative estimate of drug-likeness (QED) is 0.893. The number of halogens is 1. The molecule has 0 aliphatic carbocycles. The fourth-order valence-electron chi connectivity index (χ4n) is 2.67. The van der Waals surface area contributed by atoms with Gasteiger partial charge in [0.2, 0.25) is 5.91 Å². The van der Waals surface area contributed by atoms with Crippen molar-refractivity contribution >= 4 is 17.5 Å². The summed E-state index contributed by atoms with van der Waals surface area (Å²) < 4.78 is 0. The van der Waals surface area contributed by atoms with Gasteiger partial charge in [0.1, 0.15) is 0 Å². The van der Waals surface area contributed by atoms with E-state index in [1.54, 1.807) is 0 Å². The molecule has 110 valence electrons. The first kappa shape index (κ1) is 15.3. The van der Waals surface area contributed by atoms with Gasteiger partial charge in [-0.3, -0.25) is 4.79 Å². The van der Waals surface area contributed by atoms with Crippen molar-refractivity contribution < 1.29 is 4.79 Å². The summed E-state index contributed by atoms with van der Waals surface area (Å²) in [5.74, 6) is 0.110. The van der Waals surface area contributed by atoms with Gasteiger partial charge in [-0.1, -0.05) is 43.5 Å². The van der Waals surface area contributed by atoms with Crippen LogP contribution in [0.1, 0.15) is 50.6 Å². The molecule has 1 saturated heterocycles. The molecule has 1 aliphatic heterocycles. The Kier molecular flexibility index (Phi) is 5.86. The number of benzene rings is 1. The normalized spacial score (nSPS) is 21.0. The van der Waals surface area contributed by atoms with E-state index in [2.05, 4.69) is 17.6 Å². The second-order valence-electron chi connectivity index (χ2n) is 5.38. The van der Waals surface area contributed by atoms with Gasteiger partial charge in [0.15, 0.2) is 0 Å². The topological polar surface area (TPSA) is 41.1 Å². The number of rotatable bonds is 4. The predicted octanol–water partition coefficient (Wildman–Crippen LogP) is 3.44. The summed E-state index contributed by atoms with van der Waals surface area (Å²) in [5.41, 5.74) is 1.07. The molecule has 2 atom stereocenters. The van der Waals surface area contributed by atoms with Crippen molar-refractivity contribution in [3.05, 3.63) is 34.9 Å². The Morgan fingerprint density at radius 2 is 2.30 bits per heavy atom. The number of carbonyl (C=O) groups excluding carboxylic acids is 1. The Balaban J connectivity index is 2.00. The van der Waals surface area contributed by atoms with E-state index in [9.17, 15) is 4.79 Å². The summed E-state index contributed by atoms with van der Waals surface area (Å²) in [6.45, 7) is 3.01. The monoisotopic (exact) mass is 294 g/mol. The molecule has 0 aromatic heterocycles. The lowest BCUT2D eigenvalue weighted by atomic mass is 10.0. The Morgan fingerprint density at radius 3 is 3.05 bits per heavy atom. The van der Waals surface area contributed by atoms with Crippen molar-refractivity contribution in [2.24, 2.45) is 0 Å². The number of hydrogen-bond donors (Lipinski definition) is 2. The van der Waals surface area contributed by atoms with E-state index >= 15 is 0 Å². The lowest BCUT2D eigenvalue weighted by Crippen LogP contribution is -2.44. The summed E-state index contributed by atoms with van der Waals surface area (Å²) in [6.07, 6.45) is 5.28. The first-order valence-electron chi connectivity index (χ1n) is 7.50. The molecule has 1 aliphatic rings. The molecule has 2 unspecified atom stereocenters. The smallest absolute Gasteiger partial charge is 0.237 e. The molecule has 2 N–H and O–H groups in total. The first-order chi connectivity index (χ1) is 9.70.